The fourth-order valence-corrected chi connectivity index (χ4v) is 2.80. The summed E-state index contributed by atoms with van der Waals surface area (Å²) >= 11 is 1.52. The van der Waals surface area contributed by atoms with Gasteiger partial charge in [-0.15, -0.1) is 11.8 Å². The van der Waals surface area contributed by atoms with E-state index < -0.39 is 0 Å². The fourth-order valence-electron chi connectivity index (χ4n) is 2.01. The van der Waals surface area contributed by atoms with E-state index in [1.807, 2.05) is 18.2 Å². The van der Waals surface area contributed by atoms with Gasteiger partial charge in [-0.05, 0) is 29.8 Å². The molecule has 0 saturated carbocycles. The highest BCUT2D eigenvalue weighted by Gasteiger charge is 2.15. The van der Waals surface area contributed by atoms with Gasteiger partial charge in [0.2, 0.25) is 5.91 Å². The maximum absolute atomic E-state index is 11.9. The molecular weight excluding hydrogens is 286 g/mol. The van der Waals surface area contributed by atoms with Crippen LogP contribution in [-0.4, -0.2) is 22.6 Å². The number of hydrogen-bond acceptors (Lipinski definition) is 4. The van der Waals surface area contributed by atoms with E-state index in [0.717, 1.165) is 16.1 Å². The van der Waals surface area contributed by atoms with Crippen LogP contribution in [0.1, 0.15) is 16.1 Å². The molecule has 0 spiro atoms. The smallest absolute Gasteiger partial charge is 0.270 e. The molecule has 0 radical (unpaired) electrons. The number of rotatable bonds is 3. The number of benzene rings is 1. The Morgan fingerprint density at radius 3 is 3.05 bits per heavy atom. The van der Waals surface area contributed by atoms with Crippen molar-refractivity contribution in [2.75, 3.05) is 11.1 Å². The third kappa shape index (κ3) is 3.22. The van der Waals surface area contributed by atoms with Crippen LogP contribution in [-0.2, 0) is 11.3 Å². The number of aromatic nitrogens is 1. The molecule has 0 unspecified atom stereocenters. The average Bonchev–Trinajstić information content (AvgIpc) is 2.53. The van der Waals surface area contributed by atoms with Gasteiger partial charge in [0.1, 0.15) is 5.69 Å². The largest absolute Gasteiger partial charge is 0.347 e. The molecule has 2 heterocycles. The van der Waals surface area contributed by atoms with Crippen LogP contribution in [0.5, 0.6) is 0 Å². The fraction of sp³-hybridized carbons (Fsp3) is 0.133. The summed E-state index contributed by atoms with van der Waals surface area (Å²) in [6.07, 6.45) is 1.58. The van der Waals surface area contributed by atoms with Gasteiger partial charge in [-0.25, -0.2) is 0 Å². The summed E-state index contributed by atoms with van der Waals surface area (Å²) in [7, 11) is 0. The summed E-state index contributed by atoms with van der Waals surface area (Å²) in [6.45, 7) is 0.392. The number of fused-ring (bicyclic) bond motifs is 1. The van der Waals surface area contributed by atoms with Gasteiger partial charge >= 0.3 is 0 Å². The molecule has 3 rings (SSSR count). The van der Waals surface area contributed by atoms with Crippen molar-refractivity contribution in [3.63, 3.8) is 0 Å². The molecule has 0 saturated heterocycles. The number of carbonyl (C=O) groups is 2. The Bertz CT molecular complexity index is 689. The molecule has 0 bridgehead atoms. The molecule has 0 fully saturated rings. The van der Waals surface area contributed by atoms with E-state index in [-0.39, 0.29) is 11.8 Å². The Morgan fingerprint density at radius 2 is 2.24 bits per heavy atom. The third-order valence-corrected chi connectivity index (χ3v) is 4.10. The molecule has 1 aliphatic rings. The van der Waals surface area contributed by atoms with Crippen LogP contribution in [0.15, 0.2) is 47.5 Å². The molecule has 0 atom stereocenters. The van der Waals surface area contributed by atoms with Gasteiger partial charge in [0.05, 0.1) is 11.4 Å². The van der Waals surface area contributed by atoms with Gasteiger partial charge < -0.3 is 10.6 Å². The van der Waals surface area contributed by atoms with E-state index in [0.29, 0.717) is 18.0 Å². The summed E-state index contributed by atoms with van der Waals surface area (Å²) in [6, 6.07) is 11.0. The van der Waals surface area contributed by atoms with Crippen LogP contribution in [0, 0.1) is 0 Å². The second kappa shape index (κ2) is 5.97. The summed E-state index contributed by atoms with van der Waals surface area (Å²) in [4.78, 5) is 28.3. The van der Waals surface area contributed by atoms with Crippen molar-refractivity contribution in [1.29, 1.82) is 0 Å². The molecule has 2 amide bonds. The van der Waals surface area contributed by atoms with Crippen LogP contribution < -0.4 is 10.6 Å². The van der Waals surface area contributed by atoms with Crippen LogP contribution in [0.4, 0.5) is 5.69 Å². The van der Waals surface area contributed by atoms with E-state index in [2.05, 4.69) is 15.6 Å². The van der Waals surface area contributed by atoms with E-state index in [9.17, 15) is 9.59 Å². The van der Waals surface area contributed by atoms with Crippen LogP contribution in [0.25, 0.3) is 0 Å². The molecular formula is C15H13N3O2S. The quantitative estimate of drug-likeness (QED) is 0.910. The SMILES string of the molecule is O=C1CSc2ccc(CNC(=O)c3ccccn3)cc2N1. The lowest BCUT2D eigenvalue weighted by molar-refractivity contribution is -0.113. The normalized spacial score (nSPS) is 13.2. The highest BCUT2D eigenvalue weighted by molar-refractivity contribution is 8.00. The summed E-state index contributed by atoms with van der Waals surface area (Å²) in [5, 5.41) is 5.65. The van der Waals surface area contributed by atoms with Crippen molar-refractivity contribution < 1.29 is 9.59 Å². The van der Waals surface area contributed by atoms with Crippen molar-refractivity contribution in [2.45, 2.75) is 11.4 Å². The van der Waals surface area contributed by atoms with Gasteiger partial charge in [-0.1, -0.05) is 12.1 Å². The number of thioether (sulfide) groups is 1. The maximum atomic E-state index is 11.9. The lowest BCUT2D eigenvalue weighted by atomic mass is 10.2. The molecule has 21 heavy (non-hydrogen) atoms. The van der Waals surface area contributed by atoms with Gasteiger partial charge in [-0.3, -0.25) is 14.6 Å². The van der Waals surface area contributed by atoms with Crippen molar-refractivity contribution in [1.82, 2.24) is 10.3 Å². The number of nitrogens with zero attached hydrogens (tertiary/aromatic N) is 1. The topological polar surface area (TPSA) is 71.1 Å². The predicted molar refractivity (Wildman–Crippen MR) is 81.2 cm³/mol. The minimum absolute atomic E-state index is 0.00201. The van der Waals surface area contributed by atoms with Gasteiger partial charge in [-0.2, -0.15) is 0 Å². The number of nitrogens with one attached hydrogen (secondary N) is 2. The first kappa shape index (κ1) is 13.6. The Labute approximate surface area is 126 Å². The van der Waals surface area contributed by atoms with Crippen molar-refractivity contribution in [2.24, 2.45) is 0 Å². The monoisotopic (exact) mass is 299 g/mol. The Morgan fingerprint density at radius 1 is 1.33 bits per heavy atom. The molecule has 6 heteroatoms. The average molecular weight is 299 g/mol. The van der Waals surface area contributed by atoms with Crippen molar-refractivity contribution >= 4 is 29.3 Å². The maximum Gasteiger partial charge on any atom is 0.270 e. The zero-order valence-electron chi connectivity index (χ0n) is 11.1. The molecule has 1 aromatic carbocycles. The van der Waals surface area contributed by atoms with Crippen LogP contribution >= 0.6 is 11.8 Å². The van der Waals surface area contributed by atoms with E-state index >= 15 is 0 Å². The number of amides is 2. The van der Waals surface area contributed by atoms with Gasteiger partial charge in [0.25, 0.3) is 5.91 Å². The van der Waals surface area contributed by atoms with Crippen LogP contribution in [0.2, 0.25) is 0 Å². The molecule has 106 valence electrons. The minimum atomic E-state index is -0.216. The summed E-state index contributed by atoms with van der Waals surface area (Å²) in [5.74, 6) is 0.233. The standard InChI is InChI=1S/C15H13N3O2S/c19-14-9-21-13-5-4-10(7-12(13)18-14)8-17-15(20)11-3-1-2-6-16-11/h1-7H,8-9H2,(H,17,20)(H,18,19). The van der Waals surface area contributed by atoms with E-state index in [1.165, 1.54) is 11.8 Å². The Kier molecular flexibility index (Phi) is 3.87. The molecule has 2 N–H and O–H groups in total. The van der Waals surface area contributed by atoms with Gasteiger partial charge in [0, 0.05) is 17.6 Å². The third-order valence-electron chi connectivity index (χ3n) is 3.03. The van der Waals surface area contributed by atoms with Gasteiger partial charge in [0.15, 0.2) is 0 Å². The zero-order chi connectivity index (χ0) is 14.7. The van der Waals surface area contributed by atoms with Crippen LogP contribution in [0.3, 0.4) is 0 Å². The zero-order valence-corrected chi connectivity index (χ0v) is 11.9. The highest BCUT2D eigenvalue weighted by Crippen LogP contribution is 2.31. The number of anilines is 1. The predicted octanol–water partition coefficient (Wildman–Crippen LogP) is 2.06. The molecule has 2 aromatic rings. The lowest BCUT2D eigenvalue weighted by Crippen LogP contribution is -2.24. The van der Waals surface area contributed by atoms with E-state index in [4.69, 9.17) is 0 Å². The first-order chi connectivity index (χ1) is 10.2. The minimum Gasteiger partial charge on any atom is -0.347 e. The molecule has 5 nitrogen and oxygen atoms in total. The Hall–Kier alpha value is -2.34. The first-order valence-corrected chi connectivity index (χ1v) is 7.46. The molecule has 1 aliphatic heterocycles. The molecule has 0 aliphatic carbocycles. The summed E-state index contributed by atoms with van der Waals surface area (Å²) < 4.78 is 0. The Balaban J connectivity index is 1.67. The second-order valence-electron chi connectivity index (χ2n) is 4.57. The van der Waals surface area contributed by atoms with Crippen molar-refractivity contribution in [3.8, 4) is 0 Å². The highest BCUT2D eigenvalue weighted by atomic mass is 32.2. The molecule has 1 aromatic heterocycles. The first-order valence-electron chi connectivity index (χ1n) is 6.47. The second-order valence-corrected chi connectivity index (χ2v) is 5.58. The number of carbonyl (C=O) groups excluding carboxylic acids is 2. The van der Waals surface area contributed by atoms with E-state index in [1.54, 1.807) is 24.4 Å². The number of pyridine rings is 1. The number of hydrogen-bond donors (Lipinski definition) is 2. The van der Waals surface area contributed by atoms with Crippen molar-refractivity contribution in [3.05, 3.63) is 53.9 Å². The lowest BCUT2D eigenvalue weighted by Gasteiger charge is -2.17. The summed E-state index contributed by atoms with van der Waals surface area (Å²) in [5.41, 5.74) is 2.13.